The van der Waals surface area contributed by atoms with E-state index in [9.17, 15) is 9.59 Å². The Kier molecular flexibility index (Phi) is 5.50. The molecule has 160 valence electrons. The number of ketones is 2. The first-order valence-electron chi connectivity index (χ1n) is 10.5. The summed E-state index contributed by atoms with van der Waals surface area (Å²) in [5.74, 6) is -0.322. The van der Waals surface area contributed by atoms with Gasteiger partial charge in [0.25, 0.3) is 0 Å². The number of Topliss-reactive ketones (excluding diaryl/α,β-unsaturated/α-hetero) is 1. The number of halogens is 2. The number of nitrogens with one attached hydrogen (secondary N) is 2. The molecule has 32 heavy (non-hydrogen) atoms. The molecule has 1 aliphatic heterocycles. The van der Waals surface area contributed by atoms with Gasteiger partial charge in [-0.05, 0) is 42.3 Å². The number of hydrogen-bond acceptors (Lipinski definition) is 4. The predicted octanol–water partition coefficient (Wildman–Crippen LogP) is 6.67. The van der Waals surface area contributed by atoms with Crippen LogP contribution in [-0.4, -0.2) is 11.6 Å². The molecule has 2 N–H and O–H groups in total. The molecule has 0 fully saturated rings. The maximum atomic E-state index is 13.0. The van der Waals surface area contributed by atoms with Crippen molar-refractivity contribution in [2.45, 2.75) is 18.9 Å². The van der Waals surface area contributed by atoms with Crippen LogP contribution in [0, 0.1) is 5.92 Å². The van der Waals surface area contributed by atoms with Crippen LogP contribution in [0.3, 0.4) is 0 Å². The lowest BCUT2D eigenvalue weighted by atomic mass is 9.82. The molecule has 5 rings (SSSR count). The lowest BCUT2D eigenvalue weighted by Crippen LogP contribution is -2.32. The lowest BCUT2D eigenvalue weighted by Gasteiger charge is -2.30. The van der Waals surface area contributed by atoms with Gasteiger partial charge in [-0.15, -0.1) is 0 Å². The Labute approximate surface area is 196 Å². The molecule has 1 heterocycles. The fourth-order valence-electron chi connectivity index (χ4n) is 4.41. The summed E-state index contributed by atoms with van der Waals surface area (Å²) in [7, 11) is 0. The number of rotatable bonds is 3. The molecule has 0 saturated heterocycles. The molecule has 3 aromatic rings. The summed E-state index contributed by atoms with van der Waals surface area (Å²) in [4.78, 5) is 26.0. The summed E-state index contributed by atoms with van der Waals surface area (Å²) < 4.78 is 0. The van der Waals surface area contributed by atoms with Crippen LogP contribution in [0.4, 0.5) is 11.4 Å². The minimum Gasteiger partial charge on any atom is -0.375 e. The Morgan fingerprint density at radius 2 is 1.72 bits per heavy atom. The van der Waals surface area contributed by atoms with E-state index in [4.69, 9.17) is 23.2 Å². The minimum atomic E-state index is -0.414. The molecular weight excluding hydrogens is 443 g/mol. The van der Waals surface area contributed by atoms with Crippen LogP contribution in [0.5, 0.6) is 0 Å². The van der Waals surface area contributed by atoms with Gasteiger partial charge < -0.3 is 10.6 Å². The van der Waals surface area contributed by atoms with Gasteiger partial charge in [-0.25, -0.2) is 0 Å². The van der Waals surface area contributed by atoms with E-state index in [0.717, 1.165) is 22.6 Å². The first kappa shape index (κ1) is 20.8. The number of hydrogen-bond donors (Lipinski definition) is 2. The lowest BCUT2D eigenvalue weighted by molar-refractivity contribution is -0.122. The highest BCUT2D eigenvalue weighted by Crippen LogP contribution is 2.44. The van der Waals surface area contributed by atoms with Crippen LogP contribution in [0.25, 0.3) is 0 Å². The van der Waals surface area contributed by atoms with Crippen LogP contribution in [0.2, 0.25) is 10.0 Å². The van der Waals surface area contributed by atoms with Crippen LogP contribution in [-0.2, 0) is 4.79 Å². The Balaban J connectivity index is 1.59. The fraction of sp³-hybridized carbons (Fsp3) is 0.154. The number of carbonyl (C=O) groups excluding carboxylic acids is 2. The maximum Gasteiger partial charge on any atom is 0.193 e. The van der Waals surface area contributed by atoms with E-state index in [1.165, 1.54) is 0 Å². The zero-order valence-electron chi connectivity index (χ0n) is 17.1. The average molecular weight is 463 g/mol. The summed E-state index contributed by atoms with van der Waals surface area (Å²) in [6.45, 7) is 0. The SMILES string of the molecule is O=C(c1ccccc1)c1ccc2c(c1)NC1=CCCC(=O)[C@@H]1[C@@H](c1ccc(Cl)cc1Cl)N2. The molecule has 0 aromatic heterocycles. The Bertz CT molecular complexity index is 1250. The summed E-state index contributed by atoms with van der Waals surface area (Å²) in [5, 5.41) is 7.98. The number of anilines is 2. The predicted molar refractivity (Wildman–Crippen MR) is 129 cm³/mol. The first-order chi connectivity index (χ1) is 15.5. The number of carbonyl (C=O) groups is 2. The van der Waals surface area contributed by atoms with Gasteiger partial charge in [-0.1, -0.05) is 65.7 Å². The normalized spacial score (nSPS) is 19.6. The van der Waals surface area contributed by atoms with Crippen LogP contribution in [0.15, 0.2) is 78.5 Å². The van der Waals surface area contributed by atoms with Crippen molar-refractivity contribution in [1.29, 1.82) is 0 Å². The molecule has 3 aromatic carbocycles. The molecule has 6 heteroatoms. The van der Waals surface area contributed by atoms with E-state index in [0.29, 0.717) is 34.0 Å². The van der Waals surface area contributed by atoms with Gasteiger partial charge in [0.1, 0.15) is 5.78 Å². The van der Waals surface area contributed by atoms with Crippen molar-refractivity contribution in [3.8, 4) is 0 Å². The molecule has 0 bridgehead atoms. The van der Waals surface area contributed by atoms with Gasteiger partial charge in [0.15, 0.2) is 5.78 Å². The highest BCUT2D eigenvalue weighted by Gasteiger charge is 2.38. The van der Waals surface area contributed by atoms with Crippen molar-refractivity contribution >= 4 is 46.1 Å². The molecule has 0 radical (unpaired) electrons. The Hall–Kier alpha value is -3.08. The minimum absolute atomic E-state index is 0.0537. The average Bonchev–Trinajstić information content (AvgIpc) is 2.96. The summed E-state index contributed by atoms with van der Waals surface area (Å²) in [5.41, 5.74) is 4.39. The Morgan fingerprint density at radius 1 is 0.906 bits per heavy atom. The summed E-state index contributed by atoms with van der Waals surface area (Å²) in [6, 6.07) is 19.7. The van der Waals surface area contributed by atoms with Crippen molar-refractivity contribution in [2.75, 3.05) is 10.6 Å². The van der Waals surface area contributed by atoms with Crippen molar-refractivity contribution < 1.29 is 9.59 Å². The zero-order valence-corrected chi connectivity index (χ0v) is 18.6. The van der Waals surface area contributed by atoms with Crippen molar-refractivity contribution in [3.05, 3.63) is 105 Å². The van der Waals surface area contributed by atoms with Gasteiger partial charge in [-0.3, -0.25) is 9.59 Å². The van der Waals surface area contributed by atoms with E-state index < -0.39 is 5.92 Å². The van der Waals surface area contributed by atoms with E-state index in [-0.39, 0.29) is 17.6 Å². The van der Waals surface area contributed by atoms with Crippen LogP contribution in [0.1, 0.15) is 40.4 Å². The second kappa shape index (κ2) is 8.45. The molecule has 0 amide bonds. The van der Waals surface area contributed by atoms with E-state index >= 15 is 0 Å². The molecule has 0 saturated carbocycles. The van der Waals surface area contributed by atoms with Crippen molar-refractivity contribution in [3.63, 3.8) is 0 Å². The quantitative estimate of drug-likeness (QED) is 0.426. The highest BCUT2D eigenvalue weighted by atomic mass is 35.5. The second-order valence-corrected chi connectivity index (χ2v) is 8.85. The summed E-state index contributed by atoms with van der Waals surface area (Å²) >= 11 is 12.6. The zero-order chi connectivity index (χ0) is 22.2. The van der Waals surface area contributed by atoms with Gasteiger partial charge in [0, 0.05) is 33.3 Å². The van der Waals surface area contributed by atoms with Gasteiger partial charge in [0.05, 0.1) is 23.3 Å². The van der Waals surface area contributed by atoms with Crippen LogP contribution >= 0.6 is 23.2 Å². The third-order valence-corrected chi connectivity index (χ3v) is 6.54. The maximum absolute atomic E-state index is 13.0. The third kappa shape index (κ3) is 3.81. The van der Waals surface area contributed by atoms with Crippen molar-refractivity contribution in [1.82, 2.24) is 0 Å². The van der Waals surface area contributed by atoms with E-state index in [1.54, 1.807) is 30.3 Å². The van der Waals surface area contributed by atoms with Crippen molar-refractivity contribution in [2.24, 2.45) is 5.92 Å². The molecule has 1 aliphatic carbocycles. The van der Waals surface area contributed by atoms with Gasteiger partial charge in [-0.2, -0.15) is 0 Å². The molecule has 4 nitrogen and oxygen atoms in total. The monoisotopic (exact) mass is 462 g/mol. The molecule has 0 unspecified atom stereocenters. The van der Waals surface area contributed by atoms with E-state index in [1.807, 2.05) is 36.4 Å². The van der Waals surface area contributed by atoms with Gasteiger partial charge >= 0.3 is 0 Å². The number of benzene rings is 3. The van der Waals surface area contributed by atoms with Crippen LogP contribution < -0.4 is 10.6 Å². The van der Waals surface area contributed by atoms with Gasteiger partial charge in [0.2, 0.25) is 0 Å². The number of allylic oxidation sites excluding steroid dienone is 1. The third-order valence-electron chi connectivity index (χ3n) is 5.98. The standard InChI is InChI=1S/C26H20Cl2N2O2/c27-17-10-11-18(19(28)14-17)25-24-21(7-4-8-23(24)31)29-22-13-16(9-12-20(22)30-25)26(32)15-5-2-1-3-6-15/h1-3,5-7,9-14,24-25,29-30H,4,8H2/t24-,25-/m1/s1. The topological polar surface area (TPSA) is 58.2 Å². The second-order valence-electron chi connectivity index (χ2n) is 8.01. The summed E-state index contributed by atoms with van der Waals surface area (Å²) in [6.07, 6.45) is 3.22. The molecule has 2 aliphatic rings. The van der Waals surface area contributed by atoms with E-state index in [2.05, 4.69) is 16.7 Å². The first-order valence-corrected chi connectivity index (χ1v) is 11.2. The Morgan fingerprint density at radius 3 is 2.50 bits per heavy atom. The highest BCUT2D eigenvalue weighted by molar-refractivity contribution is 6.35. The smallest absolute Gasteiger partial charge is 0.193 e. The molecule has 2 atom stereocenters. The molecule has 0 spiro atoms. The fourth-order valence-corrected chi connectivity index (χ4v) is 4.93. The largest absolute Gasteiger partial charge is 0.375 e. The number of fused-ring (bicyclic) bond motifs is 2. The molecular formula is C26H20Cl2N2O2.